The third kappa shape index (κ3) is 2.80. The Kier molecular flexibility index (Phi) is 4.16. The van der Waals surface area contributed by atoms with Crippen LogP contribution >= 0.6 is 23.2 Å². The molecule has 0 aliphatic heterocycles. The predicted molar refractivity (Wildman–Crippen MR) is 70.6 cm³/mol. The van der Waals surface area contributed by atoms with Crippen LogP contribution in [0.15, 0.2) is 18.2 Å². The van der Waals surface area contributed by atoms with Crippen LogP contribution in [-0.4, -0.2) is 20.6 Å². The molecule has 18 heavy (non-hydrogen) atoms. The van der Waals surface area contributed by atoms with Crippen LogP contribution < -0.4 is 5.32 Å². The summed E-state index contributed by atoms with van der Waals surface area (Å²) in [5.74, 6) is 0.611. The third-order valence-corrected chi connectivity index (χ3v) is 3.53. The lowest BCUT2D eigenvalue weighted by Crippen LogP contribution is -2.23. The number of aromatic amines is 1. The van der Waals surface area contributed by atoms with E-state index in [1.165, 1.54) is 0 Å². The lowest BCUT2D eigenvalue weighted by molar-refractivity contribution is 0.477. The Hall–Kier alpha value is -1.17. The smallest absolute Gasteiger partial charge is 0.191 e. The van der Waals surface area contributed by atoms with Crippen LogP contribution in [0.4, 0.5) is 0 Å². The fourth-order valence-electron chi connectivity index (χ4n) is 1.75. The Morgan fingerprint density at radius 1 is 1.22 bits per heavy atom. The van der Waals surface area contributed by atoms with E-state index in [0.717, 1.165) is 5.56 Å². The molecule has 2 aromatic rings. The molecule has 0 bridgehead atoms. The summed E-state index contributed by atoms with van der Waals surface area (Å²) in [4.78, 5) is 0. The SMILES string of the molecule is CC(NC(C)c1cccc(Cl)c1Cl)c1nn[nH]n1. The fraction of sp³-hybridized carbons (Fsp3) is 0.364. The maximum atomic E-state index is 6.17. The maximum Gasteiger partial charge on any atom is 0.191 e. The first-order valence-electron chi connectivity index (χ1n) is 5.53. The van der Waals surface area contributed by atoms with Crippen molar-refractivity contribution in [2.24, 2.45) is 0 Å². The van der Waals surface area contributed by atoms with E-state index in [4.69, 9.17) is 23.2 Å². The van der Waals surface area contributed by atoms with E-state index in [9.17, 15) is 0 Å². The Balaban J connectivity index is 2.12. The Morgan fingerprint density at radius 3 is 2.67 bits per heavy atom. The van der Waals surface area contributed by atoms with Crippen LogP contribution in [0.5, 0.6) is 0 Å². The van der Waals surface area contributed by atoms with Gasteiger partial charge in [-0.2, -0.15) is 5.21 Å². The van der Waals surface area contributed by atoms with Gasteiger partial charge in [0.15, 0.2) is 5.82 Å². The van der Waals surface area contributed by atoms with Crippen molar-refractivity contribution >= 4 is 23.2 Å². The standard InChI is InChI=1S/C11H13Cl2N5/c1-6(8-4-3-5-9(12)10(8)13)14-7(2)11-15-17-18-16-11/h3-7,14H,1-2H3,(H,15,16,17,18). The fourth-order valence-corrected chi connectivity index (χ4v) is 2.22. The normalized spacial score (nSPS) is 14.4. The topological polar surface area (TPSA) is 66.5 Å². The van der Waals surface area contributed by atoms with Gasteiger partial charge < -0.3 is 5.32 Å². The number of nitrogens with zero attached hydrogens (tertiary/aromatic N) is 3. The minimum absolute atomic E-state index is 0.0321. The second-order valence-electron chi connectivity index (χ2n) is 4.02. The third-order valence-electron chi connectivity index (χ3n) is 2.70. The molecule has 5 nitrogen and oxygen atoms in total. The van der Waals surface area contributed by atoms with E-state index >= 15 is 0 Å². The first-order chi connectivity index (χ1) is 8.59. The summed E-state index contributed by atoms with van der Waals surface area (Å²) in [5, 5.41) is 18.3. The predicted octanol–water partition coefficient (Wildman–Crippen LogP) is 2.92. The number of H-pyrrole nitrogens is 1. The molecule has 0 amide bonds. The molecular weight excluding hydrogens is 273 g/mol. The van der Waals surface area contributed by atoms with E-state index < -0.39 is 0 Å². The molecule has 1 heterocycles. The summed E-state index contributed by atoms with van der Waals surface area (Å²) < 4.78 is 0. The molecule has 0 fully saturated rings. The highest BCUT2D eigenvalue weighted by Crippen LogP contribution is 2.30. The zero-order valence-corrected chi connectivity index (χ0v) is 11.5. The van der Waals surface area contributed by atoms with E-state index in [1.807, 2.05) is 26.0 Å². The van der Waals surface area contributed by atoms with Crippen molar-refractivity contribution in [3.05, 3.63) is 39.6 Å². The second kappa shape index (κ2) is 5.65. The summed E-state index contributed by atoms with van der Waals surface area (Å²) in [7, 11) is 0. The largest absolute Gasteiger partial charge is 0.301 e. The maximum absolute atomic E-state index is 6.17. The zero-order chi connectivity index (χ0) is 13.1. The van der Waals surface area contributed by atoms with Gasteiger partial charge in [-0.05, 0) is 25.5 Å². The van der Waals surface area contributed by atoms with Crippen molar-refractivity contribution < 1.29 is 0 Å². The minimum atomic E-state index is -0.0335. The lowest BCUT2D eigenvalue weighted by Gasteiger charge is -2.19. The Morgan fingerprint density at radius 2 is 2.00 bits per heavy atom. The summed E-state index contributed by atoms with van der Waals surface area (Å²) in [5.41, 5.74) is 0.944. The number of nitrogens with one attached hydrogen (secondary N) is 2. The van der Waals surface area contributed by atoms with Gasteiger partial charge in [-0.3, -0.25) is 0 Å². The molecule has 1 aromatic heterocycles. The molecule has 0 spiro atoms. The van der Waals surface area contributed by atoms with Gasteiger partial charge in [0.2, 0.25) is 0 Å². The number of hydrogen-bond acceptors (Lipinski definition) is 4. The van der Waals surface area contributed by atoms with Crippen molar-refractivity contribution in [1.82, 2.24) is 25.9 Å². The van der Waals surface area contributed by atoms with Crippen molar-refractivity contribution in [2.75, 3.05) is 0 Å². The molecule has 2 N–H and O–H groups in total. The average Bonchev–Trinajstić information content (AvgIpc) is 2.86. The summed E-state index contributed by atoms with van der Waals surface area (Å²) in [6.45, 7) is 3.97. The van der Waals surface area contributed by atoms with E-state index in [-0.39, 0.29) is 12.1 Å². The highest BCUT2D eigenvalue weighted by molar-refractivity contribution is 6.42. The summed E-state index contributed by atoms with van der Waals surface area (Å²) in [6.07, 6.45) is 0. The molecule has 96 valence electrons. The quantitative estimate of drug-likeness (QED) is 0.907. The van der Waals surface area contributed by atoms with Gasteiger partial charge in [0, 0.05) is 6.04 Å². The summed E-state index contributed by atoms with van der Waals surface area (Å²) >= 11 is 12.2. The van der Waals surface area contributed by atoms with Crippen LogP contribution in [0, 0.1) is 0 Å². The molecule has 1 aromatic carbocycles. The van der Waals surface area contributed by atoms with E-state index in [0.29, 0.717) is 15.9 Å². The molecular formula is C11H13Cl2N5. The number of aromatic nitrogens is 4. The molecule has 0 radical (unpaired) electrons. The van der Waals surface area contributed by atoms with Crippen molar-refractivity contribution in [3.63, 3.8) is 0 Å². The monoisotopic (exact) mass is 285 g/mol. The number of rotatable bonds is 4. The van der Waals surface area contributed by atoms with Crippen LogP contribution in [-0.2, 0) is 0 Å². The van der Waals surface area contributed by atoms with Crippen molar-refractivity contribution in [2.45, 2.75) is 25.9 Å². The molecule has 0 aliphatic carbocycles. The molecule has 2 rings (SSSR count). The molecule has 0 saturated heterocycles. The van der Waals surface area contributed by atoms with Gasteiger partial charge in [0.25, 0.3) is 0 Å². The highest BCUT2D eigenvalue weighted by Gasteiger charge is 2.17. The average molecular weight is 286 g/mol. The van der Waals surface area contributed by atoms with Gasteiger partial charge in [-0.25, -0.2) is 0 Å². The second-order valence-corrected chi connectivity index (χ2v) is 4.81. The van der Waals surface area contributed by atoms with E-state index in [1.54, 1.807) is 6.07 Å². The number of benzene rings is 1. The van der Waals surface area contributed by atoms with Crippen LogP contribution in [0.1, 0.15) is 37.3 Å². The van der Waals surface area contributed by atoms with Gasteiger partial charge in [-0.15, -0.1) is 10.2 Å². The number of hydrogen-bond donors (Lipinski definition) is 2. The minimum Gasteiger partial charge on any atom is -0.301 e. The zero-order valence-electron chi connectivity index (χ0n) is 9.98. The molecule has 0 aliphatic rings. The van der Waals surface area contributed by atoms with Crippen LogP contribution in [0.2, 0.25) is 10.0 Å². The van der Waals surface area contributed by atoms with Gasteiger partial charge in [-0.1, -0.05) is 40.5 Å². The Bertz CT molecular complexity index is 514. The van der Waals surface area contributed by atoms with Gasteiger partial charge >= 0.3 is 0 Å². The van der Waals surface area contributed by atoms with Gasteiger partial charge in [0.05, 0.1) is 16.1 Å². The molecule has 2 unspecified atom stereocenters. The number of tetrazole rings is 1. The lowest BCUT2D eigenvalue weighted by atomic mass is 10.1. The van der Waals surface area contributed by atoms with Crippen LogP contribution in [0.3, 0.4) is 0 Å². The Labute approximate surface area is 115 Å². The van der Waals surface area contributed by atoms with Crippen molar-refractivity contribution in [3.8, 4) is 0 Å². The van der Waals surface area contributed by atoms with E-state index in [2.05, 4.69) is 25.9 Å². The highest BCUT2D eigenvalue weighted by atomic mass is 35.5. The number of halogens is 2. The van der Waals surface area contributed by atoms with Crippen molar-refractivity contribution in [1.29, 1.82) is 0 Å². The first-order valence-corrected chi connectivity index (χ1v) is 6.28. The molecule has 7 heteroatoms. The molecule has 0 saturated carbocycles. The molecule has 2 atom stereocenters. The van der Waals surface area contributed by atoms with Crippen LogP contribution in [0.25, 0.3) is 0 Å². The summed E-state index contributed by atoms with van der Waals surface area (Å²) in [6, 6.07) is 5.58. The first kappa shape index (κ1) is 13.3. The van der Waals surface area contributed by atoms with Gasteiger partial charge in [0.1, 0.15) is 0 Å².